The van der Waals surface area contributed by atoms with E-state index < -0.39 is 0 Å². The van der Waals surface area contributed by atoms with E-state index in [1.807, 2.05) is 17.8 Å². The van der Waals surface area contributed by atoms with Crippen molar-refractivity contribution in [1.82, 2.24) is 0 Å². The molecule has 0 amide bonds. The minimum Gasteiger partial charge on any atom is -0.468 e. The molecule has 0 saturated heterocycles. The maximum atomic E-state index is 6.20. The van der Waals surface area contributed by atoms with Gasteiger partial charge in [-0.25, -0.2) is 0 Å². The molecule has 0 aliphatic carbocycles. The molecule has 3 heteroatoms. The van der Waals surface area contributed by atoms with Crippen molar-refractivity contribution in [2.24, 2.45) is 0 Å². The highest BCUT2D eigenvalue weighted by atomic mass is 32.2. The van der Waals surface area contributed by atoms with Crippen molar-refractivity contribution in [2.75, 3.05) is 5.32 Å². The van der Waals surface area contributed by atoms with E-state index in [9.17, 15) is 0 Å². The molecule has 0 spiro atoms. The second-order valence-corrected chi connectivity index (χ2v) is 6.55. The van der Waals surface area contributed by atoms with Gasteiger partial charge in [-0.15, -0.1) is 11.8 Å². The first kappa shape index (κ1) is 11.2. The van der Waals surface area contributed by atoms with E-state index >= 15 is 0 Å². The molecule has 4 rings (SSSR count). The molecule has 2 heterocycles. The van der Waals surface area contributed by atoms with Crippen LogP contribution in [-0.2, 0) is 0 Å². The monoisotopic (exact) mass is 269 g/mol. The lowest BCUT2D eigenvalue weighted by atomic mass is 9.98. The number of anilines is 1. The van der Waals surface area contributed by atoms with Gasteiger partial charge < -0.3 is 10.1 Å². The molecule has 0 fully saturated rings. The first-order valence-corrected chi connectivity index (χ1v) is 7.43. The Morgan fingerprint density at radius 1 is 1.16 bits per heavy atom. The number of para-hydroxylation sites is 2. The molecule has 96 valence electrons. The lowest BCUT2D eigenvalue weighted by Gasteiger charge is -2.38. The third kappa shape index (κ3) is 1.80. The molecule has 2 nitrogen and oxygen atoms in total. The second kappa shape index (κ2) is 3.94. The van der Waals surface area contributed by atoms with Gasteiger partial charge in [0.15, 0.2) is 5.72 Å². The summed E-state index contributed by atoms with van der Waals surface area (Å²) in [5, 5.41) is 4.02. The number of hydrogen-bond donors (Lipinski definition) is 1. The molecule has 0 saturated carbocycles. The van der Waals surface area contributed by atoms with Crippen LogP contribution < -0.4 is 10.1 Å². The van der Waals surface area contributed by atoms with Gasteiger partial charge in [0.25, 0.3) is 0 Å². The van der Waals surface area contributed by atoms with Crippen molar-refractivity contribution in [1.29, 1.82) is 0 Å². The minimum absolute atomic E-state index is 0.321. The summed E-state index contributed by atoms with van der Waals surface area (Å²) in [6.45, 7) is 2.14. The van der Waals surface area contributed by atoms with Crippen molar-refractivity contribution >= 4 is 17.4 Å². The van der Waals surface area contributed by atoms with Gasteiger partial charge in [-0.2, -0.15) is 0 Å². The molecular weight excluding hydrogens is 254 g/mol. The Balaban J connectivity index is 1.87. The Bertz CT molecular complexity index is 642. The van der Waals surface area contributed by atoms with Gasteiger partial charge in [0.2, 0.25) is 0 Å². The number of benzene rings is 2. The van der Waals surface area contributed by atoms with Crippen molar-refractivity contribution in [3.8, 4) is 5.75 Å². The van der Waals surface area contributed by atoms with E-state index in [4.69, 9.17) is 4.74 Å². The maximum Gasteiger partial charge on any atom is 0.179 e. The number of ether oxygens (including phenoxy) is 1. The molecule has 2 atom stereocenters. The molecule has 19 heavy (non-hydrogen) atoms. The van der Waals surface area contributed by atoms with E-state index in [-0.39, 0.29) is 5.72 Å². The Morgan fingerprint density at radius 3 is 2.89 bits per heavy atom. The molecular formula is C16H15NOS. The molecule has 2 aliphatic rings. The van der Waals surface area contributed by atoms with Crippen LogP contribution in [0.25, 0.3) is 0 Å². The van der Waals surface area contributed by atoms with E-state index in [0.717, 1.165) is 12.2 Å². The van der Waals surface area contributed by atoms with Crippen LogP contribution in [0.1, 0.15) is 24.2 Å². The van der Waals surface area contributed by atoms with Crippen molar-refractivity contribution in [3.63, 3.8) is 0 Å². The number of rotatable bonds is 0. The number of thioether (sulfide) groups is 1. The van der Waals surface area contributed by atoms with Gasteiger partial charge >= 0.3 is 0 Å². The van der Waals surface area contributed by atoms with Crippen LogP contribution in [0.4, 0.5) is 5.69 Å². The fourth-order valence-electron chi connectivity index (χ4n) is 2.88. The van der Waals surface area contributed by atoms with E-state index in [2.05, 4.69) is 54.7 Å². The van der Waals surface area contributed by atoms with Crippen LogP contribution in [0, 0.1) is 0 Å². The molecule has 2 aliphatic heterocycles. The summed E-state index contributed by atoms with van der Waals surface area (Å²) < 4.78 is 6.20. The molecule has 2 bridgehead atoms. The predicted octanol–water partition coefficient (Wildman–Crippen LogP) is 4.44. The zero-order chi connectivity index (χ0) is 12.9. The normalized spacial score (nSPS) is 27.3. The standard InChI is InChI=1S/C16H15NOS/c1-16-10-15(11-6-2-4-8-13(11)18-16)19-14-9-5-3-7-12(14)17-16/h2-9,15,17H,10H2,1H3/t15-,16-/m0/s1. The van der Waals surface area contributed by atoms with Crippen molar-refractivity contribution in [3.05, 3.63) is 54.1 Å². The van der Waals surface area contributed by atoms with E-state index in [1.165, 1.54) is 16.1 Å². The average molecular weight is 269 g/mol. The first-order valence-electron chi connectivity index (χ1n) is 6.55. The number of nitrogens with one attached hydrogen (secondary N) is 1. The third-order valence-electron chi connectivity index (χ3n) is 3.73. The number of hydrogen-bond acceptors (Lipinski definition) is 3. The minimum atomic E-state index is -0.321. The summed E-state index contributed by atoms with van der Waals surface area (Å²) in [6, 6.07) is 16.9. The second-order valence-electron chi connectivity index (χ2n) is 5.30. The fourth-order valence-corrected chi connectivity index (χ4v) is 4.31. The molecule has 2 aromatic carbocycles. The third-order valence-corrected chi connectivity index (χ3v) is 5.05. The Hall–Kier alpha value is -1.61. The van der Waals surface area contributed by atoms with Crippen molar-refractivity contribution < 1.29 is 4.74 Å². The zero-order valence-electron chi connectivity index (χ0n) is 10.7. The Kier molecular flexibility index (Phi) is 2.33. The molecule has 0 aromatic heterocycles. The van der Waals surface area contributed by atoms with Crippen LogP contribution in [0.2, 0.25) is 0 Å². The summed E-state index contributed by atoms with van der Waals surface area (Å²) in [4.78, 5) is 1.30. The van der Waals surface area contributed by atoms with E-state index in [0.29, 0.717) is 5.25 Å². The Labute approximate surface area is 117 Å². The number of fused-ring (bicyclic) bond motifs is 5. The van der Waals surface area contributed by atoms with Gasteiger partial charge in [0, 0.05) is 22.1 Å². The SMILES string of the molecule is C[C@]12C[C@H](Sc3ccccc3N1)c1ccccc1O2. The fraction of sp³-hybridized carbons (Fsp3) is 0.250. The summed E-state index contributed by atoms with van der Waals surface area (Å²) >= 11 is 1.93. The lowest BCUT2D eigenvalue weighted by molar-refractivity contribution is 0.0934. The molecule has 0 unspecified atom stereocenters. The van der Waals surface area contributed by atoms with E-state index in [1.54, 1.807) is 0 Å². The van der Waals surface area contributed by atoms with Gasteiger partial charge in [0.1, 0.15) is 5.75 Å². The zero-order valence-corrected chi connectivity index (χ0v) is 11.5. The average Bonchev–Trinajstić information content (AvgIpc) is 2.52. The van der Waals surface area contributed by atoms with Crippen LogP contribution >= 0.6 is 11.8 Å². The topological polar surface area (TPSA) is 21.3 Å². The highest BCUT2D eigenvalue weighted by molar-refractivity contribution is 7.99. The van der Waals surface area contributed by atoms with Crippen LogP contribution in [0.3, 0.4) is 0 Å². The molecule has 0 radical (unpaired) electrons. The first-order chi connectivity index (χ1) is 9.23. The van der Waals surface area contributed by atoms with Gasteiger partial charge in [0.05, 0.1) is 5.69 Å². The van der Waals surface area contributed by atoms with Crippen LogP contribution in [0.15, 0.2) is 53.4 Å². The van der Waals surface area contributed by atoms with Crippen LogP contribution in [-0.4, -0.2) is 5.72 Å². The van der Waals surface area contributed by atoms with Crippen molar-refractivity contribution in [2.45, 2.75) is 29.2 Å². The molecule has 1 N–H and O–H groups in total. The van der Waals surface area contributed by atoms with Gasteiger partial charge in [-0.3, -0.25) is 0 Å². The predicted molar refractivity (Wildman–Crippen MR) is 78.8 cm³/mol. The highest BCUT2D eigenvalue weighted by Gasteiger charge is 2.40. The summed E-state index contributed by atoms with van der Waals surface area (Å²) in [6.07, 6.45) is 0.976. The van der Waals surface area contributed by atoms with Gasteiger partial charge in [-0.1, -0.05) is 30.3 Å². The van der Waals surface area contributed by atoms with Crippen LogP contribution in [0.5, 0.6) is 5.75 Å². The largest absolute Gasteiger partial charge is 0.468 e. The Morgan fingerprint density at radius 2 is 1.95 bits per heavy atom. The summed E-state index contributed by atoms with van der Waals surface area (Å²) in [7, 11) is 0. The maximum absolute atomic E-state index is 6.20. The smallest absolute Gasteiger partial charge is 0.179 e. The van der Waals surface area contributed by atoms with Gasteiger partial charge in [-0.05, 0) is 25.1 Å². The quantitative estimate of drug-likeness (QED) is 0.763. The highest BCUT2D eigenvalue weighted by Crippen LogP contribution is 2.52. The summed E-state index contributed by atoms with van der Waals surface area (Å²) in [5.74, 6) is 1.01. The summed E-state index contributed by atoms with van der Waals surface area (Å²) in [5.41, 5.74) is 2.16. The molecule has 2 aromatic rings. The lowest BCUT2D eigenvalue weighted by Crippen LogP contribution is -2.43.